The van der Waals surface area contributed by atoms with E-state index in [0.29, 0.717) is 33.0 Å². The number of ether oxygens (including phenoxy) is 3. The molecule has 0 bridgehead atoms. The molecule has 2 N–H and O–H groups in total. The Morgan fingerprint density at radius 1 is 0.933 bits per heavy atom. The number of halogens is 1. The summed E-state index contributed by atoms with van der Waals surface area (Å²) in [5.41, 5.74) is 2.26. The zero-order valence-corrected chi connectivity index (χ0v) is 20.3. The van der Waals surface area contributed by atoms with Crippen molar-refractivity contribution < 1.29 is 14.2 Å². The molecule has 0 radical (unpaired) electrons. The molecule has 7 heteroatoms. The zero-order valence-electron chi connectivity index (χ0n) is 17.9. The van der Waals surface area contributed by atoms with Gasteiger partial charge in [0.2, 0.25) is 0 Å². The Hall–Kier alpha value is -1.84. The molecular formula is C23H34IN3O3. The molecule has 0 aromatic heterocycles. The lowest BCUT2D eigenvalue weighted by Crippen LogP contribution is -2.38. The van der Waals surface area contributed by atoms with Gasteiger partial charge in [-0.15, -0.1) is 24.0 Å². The van der Waals surface area contributed by atoms with E-state index in [9.17, 15) is 0 Å². The molecule has 0 heterocycles. The smallest absolute Gasteiger partial charge is 0.191 e. The molecule has 0 aliphatic rings. The molecule has 0 spiro atoms. The Balaban J connectivity index is 0.00000450. The molecule has 0 atom stereocenters. The number of rotatable bonds is 13. The number of aliphatic imine (C=N–C) groups is 1. The molecular weight excluding hydrogens is 493 g/mol. The first-order chi connectivity index (χ1) is 14.3. The van der Waals surface area contributed by atoms with Gasteiger partial charge >= 0.3 is 0 Å². The predicted molar refractivity (Wildman–Crippen MR) is 133 cm³/mol. The summed E-state index contributed by atoms with van der Waals surface area (Å²) in [6, 6.07) is 18.2. The quantitative estimate of drug-likeness (QED) is 0.179. The van der Waals surface area contributed by atoms with Gasteiger partial charge in [0.25, 0.3) is 0 Å². The number of hydrogen-bond donors (Lipinski definition) is 2. The van der Waals surface area contributed by atoms with Gasteiger partial charge in [-0.25, -0.2) is 4.99 Å². The molecule has 2 aromatic rings. The molecule has 166 valence electrons. The van der Waals surface area contributed by atoms with E-state index >= 15 is 0 Å². The molecule has 2 rings (SSSR count). The normalized spacial score (nSPS) is 10.9. The zero-order chi connectivity index (χ0) is 20.6. The van der Waals surface area contributed by atoms with Crippen LogP contribution in [0.2, 0.25) is 0 Å². The van der Waals surface area contributed by atoms with Gasteiger partial charge in [0, 0.05) is 26.8 Å². The number of nitrogens with one attached hydrogen (secondary N) is 2. The molecule has 0 unspecified atom stereocenters. The van der Waals surface area contributed by atoms with Crippen LogP contribution in [-0.2, 0) is 22.6 Å². The number of benzene rings is 2. The highest BCUT2D eigenvalue weighted by Gasteiger charge is 2.00. The molecule has 0 saturated heterocycles. The Bertz CT molecular complexity index is 714. The van der Waals surface area contributed by atoms with E-state index in [0.717, 1.165) is 42.3 Å². The molecule has 0 fully saturated rings. The lowest BCUT2D eigenvalue weighted by Gasteiger charge is -2.12. The van der Waals surface area contributed by atoms with Gasteiger partial charge in [-0.2, -0.15) is 0 Å². The molecule has 0 amide bonds. The van der Waals surface area contributed by atoms with Crippen LogP contribution in [0.15, 0.2) is 59.6 Å². The van der Waals surface area contributed by atoms with Crippen LogP contribution < -0.4 is 15.4 Å². The highest BCUT2D eigenvalue weighted by Crippen LogP contribution is 2.16. The first-order valence-corrected chi connectivity index (χ1v) is 10.2. The van der Waals surface area contributed by atoms with Crippen molar-refractivity contribution >= 4 is 29.9 Å². The molecule has 2 aromatic carbocycles. The van der Waals surface area contributed by atoms with Crippen molar-refractivity contribution in [3.8, 4) is 5.75 Å². The van der Waals surface area contributed by atoms with Gasteiger partial charge in [0.05, 0.1) is 19.8 Å². The van der Waals surface area contributed by atoms with Crippen LogP contribution >= 0.6 is 24.0 Å². The van der Waals surface area contributed by atoms with Gasteiger partial charge in [-0.3, -0.25) is 0 Å². The summed E-state index contributed by atoms with van der Waals surface area (Å²) in [5.74, 6) is 1.66. The third-order valence-corrected chi connectivity index (χ3v) is 4.10. The average molecular weight is 527 g/mol. The molecule has 0 saturated carbocycles. The van der Waals surface area contributed by atoms with Crippen LogP contribution in [0.5, 0.6) is 5.75 Å². The lowest BCUT2D eigenvalue weighted by atomic mass is 10.2. The van der Waals surface area contributed by atoms with E-state index in [1.54, 1.807) is 7.11 Å². The van der Waals surface area contributed by atoms with Crippen LogP contribution in [-0.4, -0.2) is 46.0 Å². The molecule has 0 aliphatic carbocycles. The number of hydrogen-bond acceptors (Lipinski definition) is 4. The van der Waals surface area contributed by atoms with Crippen LogP contribution in [0.25, 0.3) is 0 Å². The largest absolute Gasteiger partial charge is 0.489 e. The van der Waals surface area contributed by atoms with Crippen molar-refractivity contribution in [2.24, 2.45) is 4.99 Å². The van der Waals surface area contributed by atoms with E-state index in [4.69, 9.17) is 14.2 Å². The third kappa shape index (κ3) is 11.4. The second-order valence-electron chi connectivity index (χ2n) is 6.50. The van der Waals surface area contributed by atoms with E-state index in [-0.39, 0.29) is 24.0 Å². The van der Waals surface area contributed by atoms with Gasteiger partial charge in [-0.1, -0.05) is 42.5 Å². The van der Waals surface area contributed by atoms with Crippen LogP contribution in [0.3, 0.4) is 0 Å². The Morgan fingerprint density at radius 2 is 1.73 bits per heavy atom. The fourth-order valence-corrected chi connectivity index (χ4v) is 2.61. The fourth-order valence-electron chi connectivity index (χ4n) is 2.61. The van der Waals surface area contributed by atoms with Gasteiger partial charge in [-0.05, 0) is 36.6 Å². The summed E-state index contributed by atoms with van der Waals surface area (Å²) < 4.78 is 16.3. The van der Waals surface area contributed by atoms with E-state index in [1.807, 2.05) is 36.4 Å². The van der Waals surface area contributed by atoms with Gasteiger partial charge < -0.3 is 24.8 Å². The summed E-state index contributed by atoms with van der Waals surface area (Å²) in [5, 5.41) is 6.61. The van der Waals surface area contributed by atoms with Crippen LogP contribution in [0, 0.1) is 0 Å². The van der Waals surface area contributed by atoms with E-state index in [2.05, 4.69) is 40.7 Å². The Labute approximate surface area is 197 Å². The topological polar surface area (TPSA) is 64.1 Å². The minimum atomic E-state index is 0. The minimum absolute atomic E-state index is 0. The third-order valence-electron chi connectivity index (χ3n) is 4.10. The van der Waals surface area contributed by atoms with Crippen molar-refractivity contribution in [2.75, 3.05) is 40.0 Å². The second-order valence-corrected chi connectivity index (χ2v) is 6.50. The van der Waals surface area contributed by atoms with Crippen molar-refractivity contribution in [2.45, 2.75) is 26.5 Å². The first-order valence-electron chi connectivity index (χ1n) is 10.2. The van der Waals surface area contributed by atoms with Gasteiger partial charge in [0.15, 0.2) is 5.96 Å². The van der Waals surface area contributed by atoms with Crippen LogP contribution in [0.1, 0.15) is 24.5 Å². The lowest BCUT2D eigenvalue weighted by molar-refractivity contribution is 0.0698. The second kappa shape index (κ2) is 16.9. The van der Waals surface area contributed by atoms with E-state index in [1.165, 1.54) is 0 Å². The van der Waals surface area contributed by atoms with Crippen molar-refractivity contribution in [1.29, 1.82) is 0 Å². The summed E-state index contributed by atoms with van der Waals surface area (Å²) >= 11 is 0. The number of nitrogens with zero attached hydrogens (tertiary/aromatic N) is 1. The average Bonchev–Trinajstić information content (AvgIpc) is 2.76. The summed E-state index contributed by atoms with van der Waals surface area (Å²) in [6.45, 7) is 6.79. The molecule has 30 heavy (non-hydrogen) atoms. The Kier molecular flexibility index (Phi) is 14.8. The van der Waals surface area contributed by atoms with Gasteiger partial charge in [0.1, 0.15) is 12.4 Å². The fraction of sp³-hybridized carbons (Fsp3) is 0.435. The first kappa shape index (κ1) is 26.2. The highest BCUT2D eigenvalue weighted by molar-refractivity contribution is 14.0. The maximum Gasteiger partial charge on any atom is 0.191 e. The summed E-state index contributed by atoms with van der Waals surface area (Å²) in [7, 11) is 1.68. The number of guanidine groups is 1. The van der Waals surface area contributed by atoms with Crippen molar-refractivity contribution in [3.63, 3.8) is 0 Å². The minimum Gasteiger partial charge on any atom is -0.489 e. The van der Waals surface area contributed by atoms with Crippen LogP contribution in [0.4, 0.5) is 0 Å². The number of methoxy groups -OCH3 is 1. The van der Waals surface area contributed by atoms with Crippen molar-refractivity contribution in [3.05, 3.63) is 65.7 Å². The monoisotopic (exact) mass is 527 g/mol. The maximum absolute atomic E-state index is 5.90. The highest BCUT2D eigenvalue weighted by atomic mass is 127. The molecule has 0 aliphatic heterocycles. The predicted octanol–water partition coefficient (Wildman–Crippen LogP) is 3.99. The maximum atomic E-state index is 5.90. The Morgan fingerprint density at radius 3 is 2.50 bits per heavy atom. The summed E-state index contributed by atoms with van der Waals surface area (Å²) in [6.07, 6.45) is 0.914. The SMILES string of the molecule is CCNC(=NCc1cccc(OCc2ccccc2)c1)NCCCOCCOC.I. The van der Waals surface area contributed by atoms with E-state index < -0.39 is 0 Å². The molecule has 6 nitrogen and oxygen atoms in total. The summed E-state index contributed by atoms with van der Waals surface area (Å²) in [4.78, 5) is 4.67. The standard InChI is InChI=1S/C23H33N3O3.HI/c1-3-24-23(25-13-8-14-28-16-15-27-2)26-18-21-11-7-12-22(17-21)29-19-20-9-5-4-6-10-20;/h4-7,9-12,17H,3,8,13-16,18-19H2,1-2H3,(H2,24,25,26);1H. The van der Waals surface area contributed by atoms with Crippen molar-refractivity contribution in [1.82, 2.24) is 10.6 Å².